The van der Waals surface area contributed by atoms with E-state index in [0.717, 1.165) is 0 Å². The standard InChI is InChI=1S/C17H25N3O6S/c1-25-11-8-19-27(23,24)15-4-2-14(3-5-15)26-12-16(21)20-9-6-13(7-10-20)17(18)22/h2-5,13,19H,6-12H2,1H3,(H2,18,22). The number of carbonyl (C=O) groups excluding carboxylic acids is 2. The summed E-state index contributed by atoms with van der Waals surface area (Å²) in [5.74, 6) is -0.297. The third-order valence-corrected chi connectivity index (χ3v) is 5.82. The molecule has 1 heterocycles. The average molecular weight is 399 g/mol. The summed E-state index contributed by atoms with van der Waals surface area (Å²) in [5, 5.41) is 0. The van der Waals surface area contributed by atoms with E-state index in [2.05, 4.69) is 4.72 Å². The largest absolute Gasteiger partial charge is 0.484 e. The second kappa shape index (κ2) is 9.67. The van der Waals surface area contributed by atoms with E-state index in [1.165, 1.54) is 31.4 Å². The molecule has 0 bridgehead atoms. The maximum absolute atomic E-state index is 12.2. The van der Waals surface area contributed by atoms with E-state index in [-0.39, 0.29) is 42.4 Å². The molecule has 0 aliphatic carbocycles. The Kier molecular flexibility index (Phi) is 7.57. The summed E-state index contributed by atoms with van der Waals surface area (Å²) in [6, 6.07) is 5.82. The zero-order chi connectivity index (χ0) is 19.9. The van der Waals surface area contributed by atoms with Crippen molar-refractivity contribution < 1.29 is 27.5 Å². The summed E-state index contributed by atoms with van der Waals surface area (Å²) < 4.78 is 36.8. The van der Waals surface area contributed by atoms with Crippen LogP contribution in [0.15, 0.2) is 29.2 Å². The van der Waals surface area contributed by atoms with Crippen molar-refractivity contribution in [2.45, 2.75) is 17.7 Å². The number of nitrogens with one attached hydrogen (secondary N) is 1. The smallest absolute Gasteiger partial charge is 0.260 e. The van der Waals surface area contributed by atoms with E-state index >= 15 is 0 Å². The van der Waals surface area contributed by atoms with Crippen LogP contribution in [0.25, 0.3) is 0 Å². The topological polar surface area (TPSA) is 128 Å². The fourth-order valence-electron chi connectivity index (χ4n) is 2.73. The van der Waals surface area contributed by atoms with Crippen molar-refractivity contribution in [1.82, 2.24) is 9.62 Å². The van der Waals surface area contributed by atoms with Crippen molar-refractivity contribution in [1.29, 1.82) is 0 Å². The minimum atomic E-state index is -3.61. The summed E-state index contributed by atoms with van der Waals surface area (Å²) in [7, 11) is -2.12. The fraction of sp³-hybridized carbons (Fsp3) is 0.529. The molecule has 2 amide bonds. The van der Waals surface area contributed by atoms with E-state index < -0.39 is 10.0 Å². The Labute approximate surface area is 158 Å². The monoisotopic (exact) mass is 399 g/mol. The Bertz CT molecular complexity index is 742. The lowest BCUT2D eigenvalue weighted by atomic mass is 9.96. The third kappa shape index (κ3) is 6.19. The Balaban J connectivity index is 1.83. The van der Waals surface area contributed by atoms with Crippen LogP contribution < -0.4 is 15.2 Å². The zero-order valence-corrected chi connectivity index (χ0v) is 16.0. The van der Waals surface area contributed by atoms with Crippen LogP contribution in [0.3, 0.4) is 0 Å². The van der Waals surface area contributed by atoms with Gasteiger partial charge in [-0.15, -0.1) is 0 Å². The van der Waals surface area contributed by atoms with Gasteiger partial charge in [-0.05, 0) is 37.1 Å². The SMILES string of the molecule is COCCNS(=O)(=O)c1ccc(OCC(=O)N2CCC(C(N)=O)CC2)cc1. The van der Waals surface area contributed by atoms with Gasteiger partial charge in [0.2, 0.25) is 15.9 Å². The Morgan fingerprint density at radius 1 is 1.22 bits per heavy atom. The quantitative estimate of drug-likeness (QED) is 0.550. The number of benzene rings is 1. The molecule has 0 spiro atoms. The number of ether oxygens (including phenoxy) is 2. The van der Waals surface area contributed by atoms with Crippen molar-refractivity contribution in [2.24, 2.45) is 11.7 Å². The van der Waals surface area contributed by atoms with Gasteiger partial charge in [0, 0.05) is 32.7 Å². The molecule has 0 aromatic heterocycles. The number of nitrogens with two attached hydrogens (primary N) is 1. The first-order valence-corrected chi connectivity index (χ1v) is 10.1. The molecule has 9 nitrogen and oxygen atoms in total. The maximum Gasteiger partial charge on any atom is 0.260 e. The van der Waals surface area contributed by atoms with E-state index in [4.69, 9.17) is 15.2 Å². The molecule has 1 aliphatic rings. The van der Waals surface area contributed by atoms with Gasteiger partial charge in [0.15, 0.2) is 6.61 Å². The Morgan fingerprint density at radius 3 is 2.41 bits per heavy atom. The molecule has 1 saturated heterocycles. The summed E-state index contributed by atoms with van der Waals surface area (Å²) in [6.45, 7) is 1.25. The molecule has 1 aromatic carbocycles. The number of piperidine rings is 1. The molecule has 0 radical (unpaired) electrons. The van der Waals surface area contributed by atoms with Crippen molar-refractivity contribution in [3.05, 3.63) is 24.3 Å². The summed E-state index contributed by atoms with van der Waals surface area (Å²) >= 11 is 0. The third-order valence-electron chi connectivity index (χ3n) is 4.34. The van der Waals surface area contributed by atoms with E-state index in [1.807, 2.05) is 0 Å². The van der Waals surface area contributed by atoms with Gasteiger partial charge < -0.3 is 20.1 Å². The number of methoxy groups -OCH3 is 1. The number of rotatable bonds is 9. The van der Waals surface area contributed by atoms with Crippen molar-refractivity contribution >= 4 is 21.8 Å². The van der Waals surface area contributed by atoms with Crippen LogP contribution in [0.1, 0.15) is 12.8 Å². The highest BCUT2D eigenvalue weighted by Crippen LogP contribution is 2.18. The molecule has 10 heteroatoms. The number of hydrogen-bond donors (Lipinski definition) is 2. The number of nitrogens with zero attached hydrogens (tertiary/aromatic N) is 1. The van der Waals surface area contributed by atoms with Gasteiger partial charge in [-0.2, -0.15) is 0 Å². The average Bonchev–Trinajstić information content (AvgIpc) is 2.66. The van der Waals surface area contributed by atoms with Crippen LogP contribution in [0.4, 0.5) is 0 Å². The van der Waals surface area contributed by atoms with Crippen LogP contribution in [0.5, 0.6) is 5.75 Å². The normalized spacial score (nSPS) is 15.5. The molecule has 1 fully saturated rings. The molecule has 150 valence electrons. The number of sulfonamides is 1. The molecule has 0 unspecified atom stereocenters. The number of hydrogen-bond acceptors (Lipinski definition) is 6. The Hall–Kier alpha value is -2.17. The first kappa shape index (κ1) is 21.1. The van der Waals surface area contributed by atoms with E-state index in [0.29, 0.717) is 31.7 Å². The van der Waals surface area contributed by atoms with Gasteiger partial charge in [0.25, 0.3) is 5.91 Å². The number of amides is 2. The number of likely N-dealkylation sites (tertiary alicyclic amines) is 1. The number of carbonyl (C=O) groups is 2. The first-order valence-electron chi connectivity index (χ1n) is 8.62. The van der Waals surface area contributed by atoms with Gasteiger partial charge in [0.05, 0.1) is 11.5 Å². The predicted molar refractivity (Wildman–Crippen MR) is 97.5 cm³/mol. The molecule has 1 aliphatic heterocycles. The highest BCUT2D eigenvalue weighted by Gasteiger charge is 2.26. The molecule has 3 N–H and O–H groups in total. The zero-order valence-electron chi connectivity index (χ0n) is 15.2. The van der Waals surface area contributed by atoms with Crippen LogP contribution in [0, 0.1) is 5.92 Å². The van der Waals surface area contributed by atoms with Gasteiger partial charge in [0.1, 0.15) is 5.75 Å². The van der Waals surface area contributed by atoms with Gasteiger partial charge in [-0.1, -0.05) is 0 Å². The van der Waals surface area contributed by atoms with Crippen molar-refractivity contribution in [3.8, 4) is 5.75 Å². The highest BCUT2D eigenvalue weighted by molar-refractivity contribution is 7.89. The Morgan fingerprint density at radius 2 is 1.85 bits per heavy atom. The molecule has 0 saturated carbocycles. The minimum absolute atomic E-state index is 0.103. The predicted octanol–water partition coefficient (Wildman–Crippen LogP) is -0.286. The fourth-order valence-corrected chi connectivity index (χ4v) is 3.74. The minimum Gasteiger partial charge on any atom is -0.484 e. The summed E-state index contributed by atoms with van der Waals surface area (Å²) in [4.78, 5) is 25.1. The van der Waals surface area contributed by atoms with Crippen molar-refractivity contribution in [3.63, 3.8) is 0 Å². The summed E-state index contributed by atoms with van der Waals surface area (Å²) in [6.07, 6.45) is 1.12. The highest BCUT2D eigenvalue weighted by atomic mass is 32.2. The lowest BCUT2D eigenvalue weighted by Crippen LogP contribution is -2.43. The first-order chi connectivity index (χ1) is 12.8. The molecule has 0 atom stereocenters. The van der Waals surface area contributed by atoms with Gasteiger partial charge in [-0.3, -0.25) is 9.59 Å². The molecular formula is C17H25N3O6S. The second-order valence-electron chi connectivity index (χ2n) is 6.21. The summed E-state index contributed by atoms with van der Waals surface area (Å²) in [5.41, 5.74) is 5.28. The number of primary amides is 1. The van der Waals surface area contributed by atoms with Crippen LogP contribution in [-0.2, 0) is 24.3 Å². The molecule has 1 aromatic rings. The van der Waals surface area contributed by atoms with E-state index in [1.54, 1.807) is 4.90 Å². The van der Waals surface area contributed by atoms with Crippen LogP contribution >= 0.6 is 0 Å². The van der Waals surface area contributed by atoms with Crippen LogP contribution in [0.2, 0.25) is 0 Å². The maximum atomic E-state index is 12.2. The van der Waals surface area contributed by atoms with Gasteiger partial charge >= 0.3 is 0 Å². The molecular weight excluding hydrogens is 374 g/mol. The van der Waals surface area contributed by atoms with Gasteiger partial charge in [-0.25, -0.2) is 13.1 Å². The molecule has 27 heavy (non-hydrogen) atoms. The molecule has 2 rings (SSSR count). The lowest BCUT2D eigenvalue weighted by molar-refractivity contribution is -0.136. The van der Waals surface area contributed by atoms with E-state index in [9.17, 15) is 18.0 Å². The second-order valence-corrected chi connectivity index (χ2v) is 7.98. The van der Waals surface area contributed by atoms with Crippen LogP contribution in [-0.4, -0.2) is 65.1 Å². The van der Waals surface area contributed by atoms with Crippen molar-refractivity contribution in [2.75, 3.05) is 40.0 Å². The lowest BCUT2D eigenvalue weighted by Gasteiger charge is -2.30.